The number of nitrogens with zero attached hydrogens (tertiary/aromatic N) is 1. The summed E-state index contributed by atoms with van der Waals surface area (Å²) in [6.45, 7) is 0.735. The summed E-state index contributed by atoms with van der Waals surface area (Å²) in [4.78, 5) is 15.6. The van der Waals surface area contributed by atoms with Crippen LogP contribution in [0.3, 0.4) is 0 Å². The quantitative estimate of drug-likeness (QED) is 0.812. The molecule has 1 aromatic rings. The Labute approximate surface area is 116 Å². The molecule has 2 atom stereocenters. The van der Waals surface area contributed by atoms with Crippen LogP contribution in [0.4, 0.5) is 0 Å². The second-order valence-corrected chi connectivity index (χ2v) is 6.31. The van der Waals surface area contributed by atoms with Crippen molar-refractivity contribution in [1.82, 2.24) is 10.3 Å². The highest BCUT2D eigenvalue weighted by Gasteiger charge is 2.26. The number of nitrogens with one attached hydrogen (secondary N) is 1. The Morgan fingerprint density at radius 3 is 3.11 bits per heavy atom. The van der Waals surface area contributed by atoms with E-state index >= 15 is 0 Å². The number of carbonyl (C=O) groups is 1. The SMILES string of the molecule is O=C(O)[C@@H]1CC=C[C@@H](NCc2nc(C3CC3)cs2)C1. The Bertz CT molecular complexity index is 493. The molecule has 0 unspecified atom stereocenters. The van der Waals surface area contributed by atoms with Crippen LogP contribution in [0.1, 0.15) is 42.3 Å². The van der Waals surface area contributed by atoms with Crippen LogP contribution in [0.25, 0.3) is 0 Å². The predicted octanol–water partition coefficient (Wildman–Crippen LogP) is 2.53. The van der Waals surface area contributed by atoms with Crippen molar-refractivity contribution in [3.8, 4) is 0 Å². The predicted molar refractivity (Wildman–Crippen MR) is 74.2 cm³/mol. The molecule has 2 aliphatic carbocycles. The van der Waals surface area contributed by atoms with Crippen molar-refractivity contribution in [1.29, 1.82) is 0 Å². The molecule has 3 rings (SSSR count). The van der Waals surface area contributed by atoms with Crippen molar-refractivity contribution in [2.24, 2.45) is 5.92 Å². The first-order chi connectivity index (χ1) is 9.22. The van der Waals surface area contributed by atoms with E-state index in [1.54, 1.807) is 11.3 Å². The zero-order chi connectivity index (χ0) is 13.2. The van der Waals surface area contributed by atoms with E-state index in [1.807, 2.05) is 6.08 Å². The topological polar surface area (TPSA) is 62.2 Å². The van der Waals surface area contributed by atoms with Gasteiger partial charge in [0.05, 0.1) is 11.6 Å². The molecule has 1 heterocycles. The van der Waals surface area contributed by atoms with E-state index in [9.17, 15) is 4.79 Å². The number of aliphatic carboxylic acids is 1. The van der Waals surface area contributed by atoms with Gasteiger partial charge in [-0.15, -0.1) is 11.3 Å². The molecule has 0 aromatic carbocycles. The van der Waals surface area contributed by atoms with Gasteiger partial charge in [0.15, 0.2) is 0 Å². The Hall–Kier alpha value is -1.20. The van der Waals surface area contributed by atoms with Crippen molar-refractivity contribution < 1.29 is 9.90 Å². The normalized spacial score (nSPS) is 26.5. The molecular formula is C14H18N2O2S. The van der Waals surface area contributed by atoms with Gasteiger partial charge in [-0.3, -0.25) is 4.79 Å². The van der Waals surface area contributed by atoms with E-state index in [0.29, 0.717) is 18.8 Å². The van der Waals surface area contributed by atoms with Gasteiger partial charge >= 0.3 is 5.97 Å². The summed E-state index contributed by atoms with van der Waals surface area (Å²) < 4.78 is 0. The molecule has 2 aliphatic rings. The van der Waals surface area contributed by atoms with Crippen LogP contribution in [-0.2, 0) is 11.3 Å². The van der Waals surface area contributed by atoms with E-state index in [4.69, 9.17) is 5.11 Å². The Kier molecular flexibility index (Phi) is 3.66. The molecule has 0 bridgehead atoms. The number of aromatic nitrogens is 1. The third-order valence-corrected chi connectivity index (χ3v) is 4.62. The molecule has 4 nitrogen and oxygen atoms in total. The summed E-state index contributed by atoms with van der Waals surface area (Å²) in [5.41, 5.74) is 1.24. The Balaban J connectivity index is 1.52. The lowest BCUT2D eigenvalue weighted by molar-refractivity contribution is -0.142. The van der Waals surface area contributed by atoms with Gasteiger partial charge in [-0.05, 0) is 25.7 Å². The average Bonchev–Trinajstić information content (AvgIpc) is 3.16. The largest absolute Gasteiger partial charge is 0.481 e. The van der Waals surface area contributed by atoms with Gasteiger partial charge in [-0.1, -0.05) is 12.2 Å². The fraction of sp³-hybridized carbons (Fsp3) is 0.571. The van der Waals surface area contributed by atoms with Gasteiger partial charge in [-0.25, -0.2) is 4.98 Å². The van der Waals surface area contributed by atoms with E-state index in [-0.39, 0.29) is 12.0 Å². The Morgan fingerprint density at radius 1 is 1.53 bits per heavy atom. The lowest BCUT2D eigenvalue weighted by Crippen LogP contribution is -2.33. The summed E-state index contributed by atoms with van der Waals surface area (Å²) in [6.07, 6.45) is 7.93. The van der Waals surface area contributed by atoms with Gasteiger partial charge < -0.3 is 10.4 Å². The molecule has 0 radical (unpaired) electrons. The third-order valence-electron chi connectivity index (χ3n) is 3.76. The van der Waals surface area contributed by atoms with Crippen molar-refractivity contribution in [3.63, 3.8) is 0 Å². The van der Waals surface area contributed by atoms with E-state index in [0.717, 1.165) is 11.6 Å². The monoisotopic (exact) mass is 278 g/mol. The van der Waals surface area contributed by atoms with Gasteiger partial charge in [0.25, 0.3) is 0 Å². The second kappa shape index (κ2) is 5.43. The smallest absolute Gasteiger partial charge is 0.306 e. The lowest BCUT2D eigenvalue weighted by atomic mass is 9.91. The number of rotatable bonds is 5. The highest BCUT2D eigenvalue weighted by atomic mass is 32.1. The molecule has 0 amide bonds. The molecule has 19 heavy (non-hydrogen) atoms. The molecule has 0 saturated heterocycles. The van der Waals surface area contributed by atoms with Crippen molar-refractivity contribution in [2.45, 2.75) is 44.2 Å². The molecule has 5 heteroatoms. The van der Waals surface area contributed by atoms with Gasteiger partial charge in [0.1, 0.15) is 5.01 Å². The number of carboxylic acid groups (broad SMARTS) is 1. The summed E-state index contributed by atoms with van der Waals surface area (Å²) in [5, 5.41) is 15.7. The average molecular weight is 278 g/mol. The first kappa shape index (κ1) is 12.8. The molecule has 2 N–H and O–H groups in total. The van der Waals surface area contributed by atoms with Gasteiger partial charge in [0, 0.05) is 23.9 Å². The van der Waals surface area contributed by atoms with Crippen LogP contribution in [0.5, 0.6) is 0 Å². The minimum atomic E-state index is -0.693. The van der Waals surface area contributed by atoms with Crippen LogP contribution in [0, 0.1) is 5.92 Å². The zero-order valence-electron chi connectivity index (χ0n) is 10.7. The van der Waals surface area contributed by atoms with Crippen molar-refractivity contribution in [2.75, 3.05) is 0 Å². The molecule has 1 aromatic heterocycles. The van der Waals surface area contributed by atoms with Crippen LogP contribution in [0.15, 0.2) is 17.5 Å². The van der Waals surface area contributed by atoms with Crippen LogP contribution in [0.2, 0.25) is 0 Å². The maximum Gasteiger partial charge on any atom is 0.306 e. The fourth-order valence-corrected chi connectivity index (χ4v) is 3.26. The Morgan fingerprint density at radius 2 is 2.37 bits per heavy atom. The van der Waals surface area contributed by atoms with Crippen LogP contribution in [-0.4, -0.2) is 22.1 Å². The first-order valence-corrected chi connectivity index (χ1v) is 7.67. The second-order valence-electron chi connectivity index (χ2n) is 5.36. The van der Waals surface area contributed by atoms with Crippen LogP contribution >= 0.6 is 11.3 Å². The number of thiazole rings is 1. The van der Waals surface area contributed by atoms with Gasteiger partial charge in [-0.2, -0.15) is 0 Å². The highest BCUT2D eigenvalue weighted by Crippen LogP contribution is 2.40. The lowest BCUT2D eigenvalue weighted by Gasteiger charge is -2.22. The van der Waals surface area contributed by atoms with Crippen molar-refractivity contribution >= 4 is 17.3 Å². The maximum absolute atomic E-state index is 11.0. The number of hydrogen-bond donors (Lipinski definition) is 2. The van der Waals surface area contributed by atoms with Crippen LogP contribution < -0.4 is 5.32 Å². The standard InChI is InChI=1S/C14H18N2O2S/c17-14(18)10-2-1-3-11(6-10)15-7-13-16-12(8-19-13)9-4-5-9/h1,3,8-11,15H,2,4-7H2,(H,17,18)/t10-,11-/m1/s1. The molecule has 1 saturated carbocycles. The minimum absolute atomic E-state index is 0.156. The van der Waals surface area contributed by atoms with Gasteiger partial charge in [0.2, 0.25) is 0 Å². The molecule has 0 aliphatic heterocycles. The number of allylic oxidation sites excluding steroid dienone is 1. The van der Waals surface area contributed by atoms with Crippen molar-refractivity contribution in [3.05, 3.63) is 28.2 Å². The molecule has 1 fully saturated rings. The van der Waals surface area contributed by atoms with E-state index in [1.165, 1.54) is 18.5 Å². The van der Waals surface area contributed by atoms with E-state index < -0.39 is 5.97 Å². The summed E-state index contributed by atoms with van der Waals surface area (Å²) in [6, 6.07) is 0.156. The zero-order valence-corrected chi connectivity index (χ0v) is 11.5. The molecule has 0 spiro atoms. The highest BCUT2D eigenvalue weighted by molar-refractivity contribution is 7.09. The fourth-order valence-electron chi connectivity index (χ4n) is 2.43. The summed E-state index contributed by atoms with van der Waals surface area (Å²) in [5.74, 6) is -0.238. The third kappa shape index (κ3) is 3.22. The number of carboxylic acids is 1. The first-order valence-electron chi connectivity index (χ1n) is 6.79. The summed E-state index contributed by atoms with van der Waals surface area (Å²) in [7, 11) is 0. The van der Waals surface area contributed by atoms with E-state index in [2.05, 4.69) is 21.8 Å². The minimum Gasteiger partial charge on any atom is -0.481 e. The summed E-state index contributed by atoms with van der Waals surface area (Å²) >= 11 is 1.70. The maximum atomic E-state index is 11.0. The number of hydrogen-bond acceptors (Lipinski definition) is 4. The molecule has 102 valence electrons. The molecular weight excluding hydrogens is 260 g/mol.